The first-order valence-electron chi connectivity index (χ1n) is 7.33. The Kier molecular flexibility index (Phi) is 4.01. The van der Waals surface area contributed by atoms with Crippen LogP contribution in [0.3, 0.4) is 0 Å². The van der Waals surface area contributed by atoms with Crippen LogP contribution in [0, 0.1) is 19.7 Å². The highest BCUT2D eigenvalue weighted by Gasteiger charge is 2.21. The molecule has 0 bridgehead atoms. The molecule has 2 aromatic rings. The van der Waals surface area contributed by atoms with Crippen LogP contribution >= 0.6 is 11.6 Å². The fourth-order valence-corrected chi connectivity index (χ4v) is 2.80. The van der Waals surface area contributed by atoms with Gasteiger partial charge in [0.05, 0.1) is 0 Å². The average Bonchev–Trinajstić information content (AvgIpc) is 3.25. The molecule has 0 unspecified atom stereocenters. The minimum absolute atomic E-state index is 0.227. The fraction of sp³-hybridized carbons (Fsp3) is 0.333. The SMILES string of the molecule is Cc1cc(Cl)c(-c2cc(F)ccc2CNC2CC2)cc1C. The van der Waals surface area contributed by atoms with E-state index < -0.39 is 0 Å². The summed E-state index contributed by atoms with van der Waals surface area (Å²) in [5.74, 6) is -0.227. The number of hydrogen-bond donors (Lipinski definition) is 1. The minimum atomic E-state index is -0.227. The quantitative estimate of drug-likeness (QED) is 0.836. The van der Waals surface area contributed by atoms with Crippen LogP contribution in [0.5, 0.6) is 0 Å². The predicted octanol–water partition coefficient (Wildman–Crippen LogP) is 5.01. The lowest BCUT2D eigenvalue weighted by molar-refractivity contribution is 0.625. The summed E-state index contributed by atoms with van der Waals surface area (Å²) in [7, 11) is 0. The molecule has 3 rings (SSSR count). The van der Waals surface area contributed by atoms with Crippen molar-refractivity contribution < 1.29 is 4.39 Å². The van der Waals surface area contributed by atoms with Gasteiger partial charge in [0.15, 0.2) is 0 Å². The zero-order chi connectivity index (χ0) is 15.0. The molecule has 21 heavy (non-hydrogen) atoms. The minimum Gasteiger partial charge on any atom is -0.310 e. The molecule has 0 atom stereocenters. The largest absolute Gasteiger partial charge is 0.310 e. The van der Waals surface area contributed by atoms with Crippen molar-refractivity contribution in [1.29, 1.82) is 0 Å². The van der Waals surface area contributed by atoms with Gasteiger partial charge < -0.3 is 5.32 Å². The second-order valence-electron chi connectivity index (χ2n) is 5.87. The van der Waals surface area contributed by atoms with Gasteiger partial charge in [0, 0.05) is 23.2 Å². The Hall–Kier alpha value is -1.38. The van der Waals surface area contributed by atoms with Gasteiger partial charge in [-0.2, -0.15) is 0 Å². The fourth-order valence-electron chi connectivity index (χ4n) is 2.48. The third kappa shape index (κ3) is 3.28. The van der Waals surface area contributed by atoms with Crippen molar-refractivity contribution in [3.8, 4) is 11.1 Å². The molecular formula is C18H19ClFN. The smallest absolute Gasteiger partial charge is 0.123 e. The number of rotatable bonds is 4. The third-order valence-electron chi connectivity index (χ3n) is 4.10. The van der Waals surface area contributed by atoms with E-state index in [9.17, 15) is 4.39 Å². The van der Waals surface area contributed by atoms with Crippen LogP contribution in [-0.4, -0.2) is 6.04 Å². The summed E-state index contributed by atoms with van der Waals surface area (Å²) in [6, 6.07) is 9.58. The zero-order valence-electron chi connectivity index (χ0n) is 12.3. The molecule has 0 amide bonds. The lowest BCUT2D eigenvalue weighted by Crippen LogP contribution is -2.16. The molecule has 1 N–H and O–H groups in total. The molecule has 2 aromatic carbocycles. The third-order valence-corrected chi connectivity index (χ3v) is 4.42. The normalized spacial score (nSPS) is 14.5. The van der Waals surface area contributed by atoms with Gasteiger partial charge in [-0.25, -0.2) is 4.39 Å². The van der Waals surface area contributed by atoms with E-state index >= 15 is 0 Å². The van der Waals surface area contributed by atoms with Gasteiger partial charge >= 0.3 is 0 Å². The average molecular weight is 304 g/mol. The molecule has 0 heterocycles. The molecule has 1 saturated carbocycles. The summed E-state index contributed by atoms with van der Waals surface area (Å²) in [6.45, 7) is 4.84. The maximum absolute atomic E-state index is 13.7. The van der Waals surface area contributed by atoms with Gasteiger partial charge in [-0.3, -0.25) is 0 Å². The summed E-state index contributed by atoms with van der Waals surface area (Å²) in [5, 5.41) is 4.16. The molecule has 0 aromatic heterocycles. The Balaban J connectivity index is 2.02. The van der Waals surface area contributed by atoms with Crippen molar-refractivity contribution in [2.45, 2.75) is 39.3 Å². The van der Waals surface area contributed by atoms with E-state index in [0.717, 1.165) is 28.8 Å². The monoisotopic (exact) mass is 303 g/mol. The Morgan fingerprint density at radius 3 is 2.52 bits per heavy atom. The molecule has 0 aliphatic heterocycles. The highest BCUT2D eigenvalue weighted by molar-refractivity contribution is 6.33. The van der Waals surface area contributed by atoms with Crippen molar-refractivity contribution in [2.75, 3.05) is 0 Å². The Bertz CT molecular complexity index is 677. The molecule has 1 fully saturated rings. The summed E-state index contributed by atoms with van der Waals surface area (Å²) in [4.78, 5) is 0. The summed E-state index contributed by atoms with van der Waals surface area (Å²) < 4.78 is 13.7. The summed E-state index contributed by atoms with van der Waals surface area (Å²) in [6.07, 6.45) is 2.47. The molecule has 0 saturated heterocycles. The van der Waals surface area contributed by atoms with Crippen LogP contribution in [0.4, 0.5) is 4.39 Å². The van der Waals surface area contributed by atoms with E-state index in [1.165, 1.54) is 24.5 Å². The molecule has 0 radical (unpaired) electrons. The van der Waals surface area contributed by atoms with E-state index in [1.807, 2.05) is 25.1 Å². The van der Waals surface area contributed by atoms with Crippen LogP contribution in [0.15, 0.2) is 30.3 Å². The predicted molar refractivity (Wildman–Crippen MR) is 86.2 cm³/mol. The Morgan fingerprint density at radius 1 is 1.10 bits per heavy atom. The van der Waals surface area contributed by atoms with Crippen LogP contribution in [0.25, 0.3) is 11.1 Å². The number of benzene rings is 2. The molecule has 3 heteroatoms. The van der Waals surface area contributed by atoms with Crippen molar-refractivity contribution in [3.63, 3.8) is 0 Å². The van der Waals surface area contributed by atoms with Gasteiger partial charge in [0.1, 0.15) is 5.82 Å². The zero-order valence-corrected chi connectivity index (χ0v) is 13.1. The lowest BCUT2D eigenvalue weighted by Gasteiger charge is -2.14. The van der Waals surface area contributed by atoms with Gasteiger partial charge in [-0.15, -0.1) is 0 Å². The first-order chi connectivity index (χ1) is 10.0. The summed E-state index contributed by atoms with van der Waals surface area (Å²) in [5.41, 5.74) is 5.20. The van der Waals surface area contributed by atoms with Crippen molar-refractivity contribution >= 4 is 11.6 Å². The van der Waals surface area contributed by atoms with Crippen LogP contribution in [0.1, 0.15) is 29.5 Å². The van der Waals surface area contributed by atoms with Gasteiger partial charge in [-0.1, -0.05) is 17.7 Å². The molecule has 1 nitrogen and oxygen atoms in total. The van der Waals surface area contributed by atoms with E-state index in [2.05, 4.69) is 12.2 Å². The second-order valence-corrected chi connectivity index (χ2v) is 6.28. The number of hydrogen-bond acceptors (Lipinski definition) is 1. The highest BCUT2D eigenvalue weighted by Crippen LogP contribution is 2.33. The standard InChI is InChI=1S/C18H19ClFN/c1-11-7-17(18(19)8-12(11)2)16-9-14(20)4-3-13(16)10-21-15-5-6-15/h3-4,7-9,15,21H,5-6,10H2,1-2H3. The topological polar surface area (TPSA) is 12.0 Å². The van der Waals surface area contributed by atoms with Crippen LogP contribution in [0.2, 0.25) is 5.02 Å². The van der Waals surface area contributed by atoms with E-state index in [4.69, 9.17) is 11.6 Å². The molecule has 0 spiro atoms. The number of aryl methyl sites for hydroxylation is 2. The van der Waals surface area contributed by atoms with Gasteiger partial charge in [-0.05, 0) is 73.2 Å². The van der Waals surface area contributed by atoms with E-state index in [0.29, 0.717) is 11.1 Å². The van der Waals surface area contributed by atoms with E-state index in [1.54, 1.807) is 6.07 Å². The molecule has 1 aliphatic rings. The number of nitrogens with one attached hydrogen (secondary N) is 1. The summed E-state index contributed by atoms with van der Waals surface area (Å²) >= 11 is 6.39. The van der Waals surface area contributed by atoms with Crippen LogP contribution in [-0.2, 0) is 6.54 Å². The first kappa shape index (κ1) is 14.6. The van der Waals surface area contributed by atoms with Crippen molar-refractivity contribution in [3.05, 3.63) is 57.9 Å². The van der Waals surface area contributed by atoms with Crippen molar-refractivity contribution in [2.24, 2.45) is 0 Å². The molecular weight excluding hydrogens is 285 g/mol. The Morgan fingerprint density at radius 2 is 1.81 bits per heavy atom. The number of halogens is 2. The maximum Gasteiger partial charge on any atom is 0.123 e. The first-order valence-corrected chi connectivity index (χ1v) is 7.71. The molecule has 110 valence electrons. The van der Waals surface area contributed by atoms with Gasteiger partial charge in [0.2, 0.25) is 0 Å². The lowest BCUT2D eigenvalue weighted by atomic mass is 9.96. The second kappa shape index (κ2) is 5.78. The van der Waals surface area contributed by atoms with Gasteiger partial charge in [0.25, 0.3) is 0 Å². The van der Waals surface area contributed by atoms with E-state index in [-0.39, 0.29) is 5.82 Å². The molecule has 1 aliphatic carbocycles. The highest BCUT2D eigenvalue weighted by atomic mass is 35.5. The maximum atomic E-state index is 13.7. The van der Waals surface area contributed by atoms with Crippen molar-refractivity contribution in [1.82, 2.24) is 5.32 Å². The Labute approximate surface area is 130 Å². The van der Waals surface area contributed by atoms with Crippen LogP contribution < -0.4 is 5.32 Å².